The quantitative estimate of drug-likeness (QED) is 0.519. The summed E-state index contributed by atoms with van der Waals surface area (Å²) in [5.41, 5.74) is 0.751. The lowest BCUT2D eigenvalue weighted by atomic mass is 10.2. The van der Waals surface area contributed by atoms with Gasteiger partial charge in [-0.1, -0.05) is 22.9 Å². The minimum atomic E-state index is -0.459. The number of anilines is 1. The lowest BCUT2D eigenvalue weighted by Gasteiger charge is -2.08. The van der Waals surface area contributed by atoms with Gasteiger partial charge in [-0.15, -0.1) is 11.3 Å². The zero-order valence-electron chi connectivity index (χ0n) is 16.0. The van der Waals surface area contributed by atoms with Crippen LogP contribution in [-0.2, 0) is 22.5 Å². The molecule has 2 aromatic heterocycles. The topological polar surface area (TPSA) is 90.3 Å². The van der Waals surface area contributed by atoms with Gasteiger partial charge in [-0.3, -0.25) is 14.2 Å². The van der Waals surface area contributed by atoms with Crippen LogP contribution in [0.3, 0.4) is 0 Å². The lowest BCUT2D eigenvalue weighted by molar-refractivity contribution is -0.116. The number of ether oxygens (including phenoxy) is 1. The Morgan fingerprint density at radius 1 is 1.28 bits per heavy atom. The summed E-state index contributed by atoms with van der Waals surface area (Å²) in [7, 11) is 0. The van der Waals surface area contributed by atoms with E-state index < -0.39 is 5.97 Å². The van der Waals surface area contributed by atoms with Crippen molar-refractivity contribution in [3.63, 3.8) is 0 Å². The molecule has 0 aliphatic carbocycles. The standard InChI is InChI=1S/C20H20BrN3O4S/c1-3-13-10-15(20(27)28-4-2)18(29-13)23-17(25)7-8-24-11-22-16-6-5-12(21)9-14(16)19(24)26/h5-6,9-11H,3-4,7-8H2,1-2H3,(H,23,25). The van der Waals surface area contributed by atoms with Crippen LogP contribution >= 0.6 is 27.3 Å². The van der Waals surface area contributed by atoms with Crippen molar-refractivity contribution in [3.05, 3.63) is 55.9 Å². The molecule has 0 bridgehead atoms. The number of thiophene rings is 1. The Morgan fingerprint density at radius 3 is 2.79 bits per heavy atom. The van der Waals surface area contributed by atoms with Gasteiger partial charge >= 0.3 is 5.97 Å². The zero-order chi connectivity index (χ0) is 21.0. The van der Waals surface area contributed by atoms with Gasteiger partial charge in [0, 0.05) is 22.3 Å². The second kappa shape index (κ2) is 9.32. The molecule has 9 heteroatoms. The van der Waals surface area contributed by atoms with Crippen molar-refractivity contribution in [1.82, 2.24) is 9.55 Å². The monoisotopic (exact) mass is 477 g/mol. The lowest BCUT2D eigenvalue weighted by Crippen LogP contribution is -2.23. The van der Waals surface area contributed by atoms with Crippen LogP contribution in [0.5, 0.6) is 0 Å². The highest BCUT2D eigenvalue weighted by molar-refractivity contribution is 9.10. The summed E-state index contributed by atoms with van der Waals surface area (Å²) in [6.45, 7) is 4.15. The molecule has 152 valence electrons. The molecule has 0 aliphatic heterocycles. The number of carbonyl (C=O) groups is 2. The number of aryl methyl sites for hydroxylation is 2. The fraction of sp³-hybridized carbons (Fsp3) is 0.300. The summed E-state index contributed by atoms with van der Waals surface area (Å²) in [5.74, 6) is -0.749. The number of rotatable bonds is 7. The molecule has 2 heterocycles. The second-order valence-corrected chi connectivity index (χ2v) is 8.28. The third-order valence-electron chi connectivity index (χ3n) is 4.25. The predicted octanol–water partition coefficient (Wildman–Crippen LogP) is 3.99. The second-order valence-electron chi connectivity index (χ2n) is 6.23. The van der Waals surface area contributed by atoms with Gasteiger partial charge in [0.2, 0.25) is 5.91 Å². The molecule has 0 aliphatic rings. The van der Waals surface area contributed by atoms with Crippen LogP contribution < -0.4 is 10.9 Å². The van der Waals surface area contributed by atoms with Crippen LogP contribution in [0, 0.1) is 0 Å². The number of benzene rings is 1. The van der Waals surface area contributed by atoms with E-state index in [0.29, 0.717) is 21.5 Å². The summed E-state index contributed by atoms with van der Waals surface area (Å²) in [6, 6.07) is 7.04. The van der Waals surface area contributed by atoms with E-state index in [0.717, 1.165) is 15.8 Å². The molecule has 1 aromatic carbocycles. The molecule has 0 spiro atoms. The molecule has 0 saturated heterocycles. The maximum Gasteiger partial charge on any atom is 0.341 e. The number of fused-ring (bicyclic) bond motifs is 1. The van der Waals surface area contributed by atoms with Crippen molar-refractivity contribution in [3.8, 4) is 0 Å². The first-order valence-electron chi connectivity index (χ1n) is 9.17. The van der Waals surface area contributed by atoms with Crippen molar-refractivity contribution >= 4 is 55.0 Å². The molecule has 3 rings (SSSR count). The van der Waals surface area contributed by atoms with Gasteiger partial charge < -0.3 is 10.1 Å². The fourth-order valence-electron chi connectivity index (χ4n) is 2.77. The average molecular weight is 478 g/mol. The van der Waals surface area contributed by atoms with E-state index in [4.69, 9.17) is 4.74 Å². The number of hydrogen-bond donors (Lipinski definition) is 1. The van der Waals surface area contributed by atoms with Gasteiger partial charge in [-0.25, -0.2) is 9.78 Å². The van der Waals surface area contributed by atoms with Gasteiger partial charge in [0.15, 0.2) is 0 Å². The summed E-state index contributed by atoms with van der Waals surface area (Å²) < 4.78 is 7.26. The van der Waals surface area contributed by atoms with Crippen LogP contribution in [0.25, 0.3) is 10.9 Å². The van der Waals surface area contributed by atoms with Crippen LogP contribution in [0.15, 0.2) is 39.9 Å². The number of nitrogens with zero attached hydrogens (tertiary/aromatic N) is 2. The fourth-order valence-corrected chi connectivity index (χ4v) is 4.13. The highest BCUT2D eigenvalue weighted by Crippen LogP contribution is 2.29. The van der Waals surface area contributed by atoms with Gasteiger partial charge in [-0.05, 0) is 37.6 Å². The average Bonchev–Trinajstić information content (AvgIpc) is 3.11. The normalized spacial score (nSPS) is 10.9. The third kappa shape index (κ3) is 4.91. The number of halogens is 1. The van der Waals surface area contributed by atoms with E-state index in [2.05, 4.69) is 26.2 Å². The number of nitrogens with one attached hydrogen (secondary N) is 1. The molecule has 0 saturated carbocycles. The molecule has 0 unspecified atom stereocenters. The van der Waals surface area contributed by atoms with E-state index >= 15 is 0 Å². The van der Waals surface area contributed by atoms with Crippen molar-refractivity contribution in [2.75, 3.05) is 11.9 Å². The predicted molar refractivity (Wildman–Crippen MR) is 117 cm³/mol. The van der Waals surface area contributed by atoms with Gasteiger partial charge in [0.05, 0.1) is 29.4 Å². The molecule has 1 N–H and O–H groups in total. The van der Waals surface area contributed by atoms with Gasteiger partial charge in [0.1, 0.15) is 5.00 Å². The molecule has 29 heavy (non-hydrogen) atoms. The third-order valence-corrected chi connectivity index (χ3v) is 5.93. The van der Waals surface area contributed by atoms with Crippen LogP contribution in [0.4, 0.5) is 5.00 Å². The molecule has 0 radical (unpaired) electrons. The minimum absolute atomic E-state index is 0.0721. The number of esters is 1. The summed E-state index contributed by atoms with van der Waals surface area (Å²) >= 11 is 4.70. The maximum absolute atomic E-state index is 12.6. The molecular weight excluding hydrogens is 458 g/mol. The number of amides is 1. The Bertz CT molecular complexity index is 1120. The van der Waals surface area contributed by atoms with Gasteiger partial charge in [0.25, 0.3) is 5.56 Å². The minimum Gasteiger partial charge on any atom is -0.462 e. The molecule has 0 atom stereocenters. The Hall–Kier alpha value is -2.52. The van der Waals surface area contributed by atoms with E-state index in [1.807, 2.05) is 13.0 Å². The van der Waals surface area contributed by atoms with E-state index in [9.17, 15) is 14.4 Å². The van der Waals surface area contributed by atoms with Crippen molar-refractivity contribution < 1.29 is 14.3 Å². The van der Waals surface area contributed by atoms with Crippen LogP contribution in [0.2, 0.25) is 0 Å². The Labute approximate surface area is 179 Å². The molecule has 1 amide bonds. The number of aromatic nitrogens is 2. The molecule has 7 nitrogen and oxygen atoms in total. The smallest absolute Gasteiger partial charge is 0.341 e. The summed E-state index contributed by atoms with van der Waals surface area (Å²) in [5, 5.41) is 3.73. The number of hydrogen-bond acceptors (Lipinski definition) is 6. The molecular formula is C20H20BrN3O4S. The maximum atomic E-state index is 12.6. The first-order valence-corrected chi connectivity index (χ1v) is 10.8. The summed E-state index contributed by atoms with van der Waals surface area (Å²) in [4.78, 5) is 42.4. The zero-order valence-corrected chi connectivity index (χ0v) is 18.4. The first kappa shape index (κ1) is 21.2. The Kier molecular flexibility index (Phi) is 6.81. The van der Waals surface area contributed by atoms with Crippen LogP contribution in [0.1, 0.15) is 35.5 Å². The Balaban J connectivity index is 1.73. The van der Waals surface area contributed by atoms with Crippen molar-refractivity contribution in [2.45, 2.75) is 33.2 Å². The van der Waals surface area contributed by atoms with Gasteiger partial charge in [-0.2, -0.15) is 0 Å². The van der Waals surface area contributed by atoms with Crippen molar-refractivity contribution in [2.24, 2.45) is 0 Å². The Morgan fingerprint density at radius 2 is 2.07 bits per heavy atom. The SMILES string of the molecule is CCOC(=O)c1cc(CC)sc1NC(=O)CCn1cnc2ccc(Br)cc2c1=O. The molecule has 0 fully saturated rings. The highest BCUT2D eigenvalue weighted by atomic mass is 79.9. The molecule has 3 aromatic rings. The van der Waals surface area contributed by atoms with Crippen molar-refractivity contribution in [1.29, 1.82) is 0 Å². The number of carbonyl (C=O) groups excluding carboxylic acids is 2. The highest BCUT2D eigenvalue weighted by Gasteiger charge is 2.18. The van der Waals surface area contributed by atoms with Crippen LogP contribution in [-0.4, -0.2) is 28.0 Å². The van der Waals surface area contributed by atoms with E-state index in [1.54, 1.807) is 25.1 Å². The van der Waals surface area contributed by atoms with E-state index in [1.165, 1.54) is 22.2 Å². The van der Waals surface area contributed by atoms with E-state index in [-0.39, 0.29) is 31.0 Å². The largest absolute Gasteiger partial charge is 0.462 e. The first-order chi connectivity index (χ1) is 13.9. The summed E-state index contributed by atoms with van der Waals surface area (Å²) in [6.07, 6.45) is 2.26.